The average molecular weight is 327 g/mol. The molecular weight excluding hydrogens is 306 g/mol. The van der Waals surface area contributed by atoms with Crippen molar-refractivity contribution in [1.82, 2.24) is 9.97 Å². The van der Waals surface area contributed by atoms with Gasteiger partial charge in [-0.15, -0.1) is 0 Å². The lowest BCUT2D eigenvalue weighted by Crippen LogP contribution is -2.14. The third kappa shape index (κ3) is 2.82. The number of hydrogen-bond donors (Lipinski definition) is 1. The standard InChI is InChI=1S/C18H21N3O3/c1-23-14-8-7-12(13(9-10-19)18(22)24-2)15-16(14)21-17(20-15)11-5-3-4-6-11/h7-8,11,13H,3-6,9H2,1-2H3,(H,20,21). The zero-order chi connectivity index (χ0) is 17.1. The van der Waals surface area contributed by atoms with Crippen LogP contribution in [0.15, 0.2) is 12.1 Å². The zero-order valence-corrected chi connectivity index (χ0v) is 14.0. The van der Waals surface area contributed by atoms with Gasteiger partial charge in [0.05, 0.1) is 38.1 Å². The third-order valence-corrected chi connectivity index (χ3v) is 4.78. The summed E-state index contributed by atoms with van der Waals surface area (Å²) in [5.74, 6) is 0.969. The highest BCUT2D eigenvalue weighted by molar-refractivity contribution is 5.90. The fourth-order valence-electron chi connectivity index (χ4n) is 3.51. The third-order valence-electron chi connectivity index (χ3n) is 4.78. The number of nitrogens with zero attached hydrogens (tertiary/aromatic N) is 2. The summed E-state index contributed by atoms with van der Waals surface area (Å²) in [4.78, 5) is 20.3. The summed E-state index contributed by atoms with van der Waals surface area (Å²) in [5.41, 5.74) is 2.21. The minimum Gasteiger partial charge on any atom is -0.494 e. The number of carbonyl (C=O) groups is 1. The average Bonchev–Trinajstić information content (AvgIpc) is 3.27. The highest BCUT2D eigenvalue weighted by Crippen LogP contribution is 2.37. The van der Waals surface area contributed by atoms with Crippen molar-refractivity contribution in [3.8, 4) is 11.8 Å². The second-order valence-corrected chi connectivity index (χ2v) is 6.12. The van der Waals surface area contributed by atoms with Gasteiger partial charge in [-0.2, -0.15) is 5.26 Å². The minimum atomic E-state index is -0.634. The van der Waals surface area contributed by atoms with Crippen LogP contribution in [0, 0.1) is 11.3 Å². The molecule has 1 saturated carbocycles. The van der Waals surface area contributed by atoms with E-state index in [0.29, 0.717) is 17.2 Å². The van der Waals surface area contributed by atoms with Crippen LogP contribution in [-0.4, -0.2) is 30.2 Å². The number of nitrogens with one attached hydrogen (secondary N) is 1. The molecule has 1 fully saturated rings. The van der Waals surface area contributed by atoms with E-state index in [1.807, 2.05) is 6.07 Å². The molecular formula is C18H21N3O3. The molecule has 1 unspecified atom stereocenters. The van der Waals surface area contributed by atoms with Crippen LogP contribution in [0.5, 0.6) is 5.75 Å². The summed E-state index contributed by atoms with van der Waals surface area (Å²) in [5, 5.41) is 9.08. The lowest BCUT2D eigenvalue weighted by atomic mass is 9.95. The van der Waals surface area contributed by atoms with Gasteiger partial charge in [0.1, 0.15) is 17.1 Å². The highest BCUT2D eigenvalue weighted by atomic mass is 16.5. The molecule has 2 aromatic rings. The quantitative estimate of drug-likeness (QED) is 0.850. The molecule has 1 aliphatic rings. The number of H-pyrrole nitrogens is 1. The first-order valence-electron chi connectivity index (χ1n) is 8.20. The van der Waals surface area contributed by atoms with Gasteiger partial charge in [0.2, 0.25) is 0 Å². The highest BCUT2D eigenvalue weighted by Gasteiger charge is 2.27. The fourth-order valence-corrected chi connectivity index (χ4v) is 3.51. The number of aromatic amines is 1. The minimum absolute atomic E-state index is 0.0614. The van der Waals surface area contributed by atoms with Crippen LogP contribution >= 0.6 is 0 Å². The number of aromatic nitrogens is 2. The molecule has 0 radical (unpaired) electrons. The molecule has 1 N–H and O–H groups in total. The topological polar surface area (TPSA) is 88.0 Å². The Morgan fingerprint density at radius 1 is 1.42 bits per heavy atom. The molecule has 0 spiro atoms. The van der Waals surface area contributed by atoms with Crippen molar-refractivity contribution in [2.24, 2.45) is 0 Å². The number of esters is 1. The summed E-state index contributed by atoms with van der Waals surface area (Å²) >= 11 is 0. The number of hydrogen-bond acceptors (Lipinski definition) is 5. The van der Waals surface area contributed by atoms with Crippen LogP contribution in [-0.2, 0) is 9.53 Å². The Labute approximate surface area is 140 Å². The lowest BCUT2D eigenvalue weighted by molar-refractivity contribution is -0.142. The lowest BCUT2D eigenvalue weighted by Gasteiger charge is -2.13. The maximum atomic E-state index is 12.1. The summed E-state index contributed by atoms with van der Waals surface area (Å²) in [6.07, 6.45) is 4.73. The molecule has 1 atom stereocenters. The van der Waals surface area contributed by atoms with Crippen LogP contribution in [0.25, 0.3) is 11.0 Å². The molecule has 3 rings (SSSR count). The molecule has 0 amide bonds. The van der Waals surface area contributed by atoms with Gasteiger partial charge in [0.25, 0.3) is 0 Å². The van der Waals surface area contributed by atoms with E-state index in [1.54, 1.807) is 13.2 Å². The summed E-state index contributed by atoms with van der Waals surface area (Å²) in [6.45, 7) is 0. The first-order valence-corrected chi connectivity index (χ1v) is 8.20. The largest absolute Gasteiger partial charge is 0.494 e. The first kappa shape index (κ1) is 16.3. The summed E-state index contributed by atoms with van der Waals surface area (Å²) in [7, 11) is 2.94. The van der Waals surface area contributed by atoms with Crippen LogP contribution in [0.2, 0.25) is 0 Å². The van der Waals surface area contributed by atoms with Gasteiger partial charge in [-0.05, 0) is 24.5 Å². The predicted molar refractivity (Wildman–Crippen MR) is 88.8 cm³/mol. The van der Waals surface area contributed by atoms with E-state index in [2.05, 4.69) is 11.1 Å². The Hall–Kier alpha value is -2.55. The van der Waals surface area contributed by atoms with E-state index in [0.717, 1.165) is 29.7 Å². The van der Waals surface area contributed by atoms with E-state index in [-0.39, 0.29) is 6.42 Å². The molecule has 0 bridgehead atoms. The number of nitriles is 1. The fraction of sp³-hybridized carbons (Fsp3) is 0.500. The van der Waals surface area contributed by atoms with Crippen molar-refractivity contribution >= 4 is 17.0 Å². The SMILES string of the molecule is COC(=O)C(CC#N)c1ccc(OC)c2nc(C3CCCC3)[nH]c12. The van der Waals surface area contributed by atoms with Crippen LogP contribution < -0.4 is 4.74 Å². The summed E-state index contributed by atoms with van der Waals surface area (Å²) < 4.78 is 10.3. The number of ether oxygens (including phenoxy) is 2. The Morgan fingerprint density at radius 2 is 2.17 bits per heavy atom. The monoisotopic (exact) mass is 327 g/mol. The molecule has 1 aromatic heterocycles. The molecule has 6 nitrogen and oxygen atoms in total. The van der Waals surface area contributed by atoms with Gasteiger partial charge in [-0.1, -0.05) is 18.9 Å². The Bertz CT molecular complexity index is 785. The second kappa shape index (κ2) is 6.91. The normalized spacial score (nSPS) is 16.0. The first-order chi connectivity index (χ1) is 11.7. The van der Waals surface area contributed by atoms with Gasteiger partial charge in [0, 0.05) is 5.92 Å². The van der Waals surface area contributed by atoms with E-state index < -0.39 is 11.9 Å². The number of imidazole rings is 1. The van der Waals surface area contributed by atoms with Gasteiger partial charge in [0.15, 0.2) is 0 Å². The molecule has 1 aromatic carbocycles. The summed E-state index contributed by atoms with van der Waals surface area (Å²) in [6, 6.07) is 5.68. The number of fused-ring (bicyclic) bond motifs is 1. The maximum Gasteiger partial charge on any atom is 0.314 e. The molecule has 24 heavy (non-hydrogen) atoms. The number of benzene rings is 1. The van der Waals surface area contributed by atoms with Gasteiger partial charge in [-0.25, -0.2) is 4.98 Å². The van der Waals surface area contributed by atoms with E-state index in [9.17, 15) is 4.79 Å². The van der Waals surface area contributed by atoms with Crippen LogP contribution in [0.1, 0.15) is 55.3 Å². The molecule has 1 aliphatic carbocycles. The Morgan fingerprint density at radius 3 is 2.79 bits per heavy atom. The van der Waals surface area contributed by atoms with Crippen LogP contribution in [0.4, 0.5) is 0 Å². The van der Waals surface area contributed by atoms with Crippen molar-refractivity contribution in [3.05, 3.63) is 23.5 Å². The van der Waals surface area contributed by atoms with E-state index in [4.69, 9.17) is 19.7 Å². The van der Waals surface area contributed by atoms with Crippen molar-refractivity contribution in [1.29, 1.82) is 5.26 Å². The number of carbonyl (C=O) groups excluding carboxylic acids is 1. The number of methoxy groups -OCH3 is 2. The Kier molecular flexibility index (Phi) is 4.70. The number of rotatable bonds is 5. The molecule has 0 aliphatic heterocycles. The van der Waals surface area contributed by atoms with Crippen molar-refractivity contribution in [3.63, 3.8) is 0 Å². The molecule has 6 heteroatoms. The molecule has 126 valence electrons. The van der Waals surface area contributed by atoms with E-state index >= 15 is 0 Å². The van der Waals surface area contributed by atoms with Crippen molar-refractivity contribution in [2.75, 3.05) is 14.2 Å². The molecule has 0 saturated heterocycles. The second-order valence-electron chi connectivity index (χ2n) is 6.12. The van der Waals surface area contributed by atoms with Crippen molar-refractivity contribution < 1.29 is 14.3 Å². The Balaban J connectivity index is 2.13. The van der Waals surface area contributed by atoms with Gasteiger partial charge < -0.3 is 14.5 Å². The molecule has 1 heterocycles. The van der Waals surface area contributed by atoms with Crippen LogP contribution in [0.3, 0.4) is 0 Å². The smallest absolute Gasteiger partial charge is 0.314 e. The zero-order valence-electron chi connectivity index (χ0n) is 14.0. The van der Waals surface area contributed by atoms with Gasteiger partial charge >= 0.3 is 5.97 Å². The maximum absolute atomic E-state index is 12.1. The van der Waals surface area contributed by atoms with Gasteiger partial charge in [-0.3, -0.25) is 4.79 Å². The predicted octanol–water partition coefficient (Wildman–Crippen LogP) is 3.40. The van der Waals surface area contributed by atoms with E-state index in [1.165, 1.54) is 20.0 Å². The van der Waals surface area contributed by atoms with Crippen molar-refractivity contribution in [2.45, 2.75) is 43.9 Å².